The molecule has 0 aliphatic heterocycles. The molecule has 6 nitrogen and oxygen atoms in total. The predicted octanol–water partition coefficient (Wildman–Crippen LogP) is 6.68. The molecule has 4 rings (SSSR count). The Kier molecular flexibility index (Phi) is 6.87. The standard InChI is InChI=1S/C28H30N4O2/c1-4-27(3,5-2)25(34-31-33)26-29-21-32(30-26)28(22-15-9-6-10-16-22,23-17-11-7-12-18-23)24-19-13-8-14-20-24/h6-21,25H,4-5H2,1-3H3. The Morgan fingerprint density at radius 3 is 1.65 bits per heavy atom. The molecule has 0 aliphatic rings. The molecule has 174 valence electrons. The third-order valence-corrected chi connectivity index (χ3v) is 7.06. The zero-order valence-corrected chi connectivity index (χ0v) is 19.8. The average Bonchev–Trinajstić information content (AvgIpc) is 3.39. The molecule has 0 amide bonds. The van der Waals surface area contributed by atoms with Gasteiger partial charge in [0.15, 0.2) is 17.3 Å². The second-order valence-electron chi connectivity index (χ2n) is 8.78. The fourth-order valence-corrected chi connectivity index (χ4v) is 4.64. The van der Waals surface area contributed by atoms with Crippen LogP contribution in [0.1, 0.15) is 62.2 Å². The van der Waals surface area contributed by atoms with Gasteiger partial charge < -0.3 is 4.84 Å². The minimum atomic E-state index is -0.775. The van der Waals surface area contributed by atoms with Crippen LogP contribution >= 0.6 is 0 Å². The second-order valence-corrected chi connectivity index (χ2v) is 8.78. The van der Waals surface area contributed by atoms with Crippen LogP contribution in [0, 0.1) is 10.3 Å². The number of nitrogens with zero attached hydrogens (tertiary/aromatic N) is 4. The van der Waals surface area contributed by atoms with Gasteiger partial charge in [-0.1, -0.05) is 112 Å². The number of benzene rings is 3. The van der Waals surface area contributed by atoms with Gasteiger partial charge in [0.25, 0.3) is 0 Å². The zero-order chi connectivity index (χ0) is 24.0. The topological polar surface area (TPSA) is 69.4 Å². The van der Waals surface area contributed by atoms with Gasteiger partial charge in [-0.15, -0.1) is 4.91 Å². The van der Waals surface area contributed by atoms with E-state index in [1.807, 2.05) is 59.3 Å². The molecule has 1 atom stereocenters. The summed E-state index contributed by atoms with van der Waals surface area (Å²) in [6, 6.07) is 30.8. The number of aromatic nitrogens is 3. The van der Waals surface area contributed by atoms with Gasteiger partial charge in [-0.2, -0.15) is 5.10 Å². The quantitative estimate of drug-likeness (QED) is 0.152. The molecule has 0 N–H and O–H groups in total. The Bertz CT molecular complexity index is 1090. The van der Waals surface area contributed by atoms with Gasteiger partial charge in [-0.3, -0.25) is 0 Å². The van der Waals surface area contributed by atoms with Crippen molar-refractivity contribution >= 4 is 0 Å². The molecular weight excluding hydrogens is 424 g/mol. The van der Waals surface area contributed by atoms with Crippen molar-refractivity contribution in [2.24, 2.45) is 10.8 Å². The molecule has 0 fully saturated rings. The summed E-state index contributed by atoms with van der Waals surface area (Å²) in [5, 5.41) is 7.76. The molecule has 0 saturated carbocycles. The third kappa shape index (κ3) is 4.00. The fraction of sp³-hybridized carbons (Fsp3) is 0.286. The van der Waals surface area contributed by atoms with Crippen LogP contribution in [-0.2, 0) is 10.4 Å². The van der Waals surface area contributed by atoms with Crippen molar-refractivity contribution in [3.8, 4) is 0 Å². The first kappa shape index (κ1) is 23.4. The van der Waals surface area contributed by atoms with E-state index in [4.69, 9.17) is 9.94 Å². The van der Waals surface area contributed by atoms with Gasteiger partial charge >= 0.3 is 0 Å². The number of hydrogen-bond acceptors (Lipinski definition) is 5. The Morgan fingerprint density at radius 2 is 1.26 bits per heavy atom. The van der Waals surface area contributed by atoms with E-state index in [2.05, 4.69) is 67.5 Å². The lowest BCUT2D eigenvalue weighted by Crippen LogP contribution is -2.38. The SMILES string of the molecule is CCC(C)(CC)C(ON=O)c1ncn(C(c2ccccc2)(c2ccccc2)c2ccccc2)n1. The highest BCUT2D eigenvalue weighted by Gasteiger charge is 2.42. The zero-order valence-electron chi connectivity index (χ0n) is 19.8. The van der Waals surface area contributed by atoms with Crippen molar-refractivity contribution in [2.45, 2.75) is 45.3 Å². The Hall–Kier alpha value is -3.80. The molecule has 3 aromatic carbocycles. The van der Waals surface area contributed by atoms with E-state index in [1.54, 1.807) is 6.33 Å². The Balaban J connectivity index is 2.00. The van der Waals surface area contributed by atoms with Crippen molar-refractivity contribution in [1.29, 1.82) is 0 Å². The highest BCUT2D eigenvalue weighted by molar-refractivity contribution is 5.50. The van der Waals surface area contributed by atoms with E-state index >= 15 is 0 Å². The molecule has 1 unspecified atom stereocenters. The molecule has 0 saturated heterocycles. The summed E-state index contributed by atoms with van der Waals surface area (Å²) in [5.74, 6) is 0.443. The summed E-state index contributed by atoms with van der Waals surface area (Å²) < 4.78 is 1.88. The number of hydrogen-bond donors (Lipinski definition) is 0. The van der Waals surface area contributed by atoms with Gasteiger partial charge in [0.2, 0.25) is 0 Å². The summed E-state index contributed by atoms with van der Waals surface area (Å²) in [6.07, 6.45) is 2.66. The van der Waals surface area contributed by atoms with Crippen LogP contribution in [0.2, 0.25) is 0 Å². The maximum atomic E-state index is 11.2. The summed E-state index contributed by atoms with van der Waals surface area (Å²) in [5.41, 5.74) is 2.02. The van der Waals surface area contributed by atoms with E-state index in [0.29, 0.717) is 5.82 Å². The lowest BCUT2D eigenvalue weighted by Gasteiger charge is -2.36. The molecule has 4 aromatic rings. The molecule has 0 aliphatic carbocycles. The lowest BCUT2D eigenvalue weighted by atomic mass is 9.77. The summed E-state index contributed by atoms with van der Waals surface area (Å²) >= 11 is 0. The van der Waals surface area contributed by atoms with Gasteiger partial charge in [-0.25, -0.2) is 9.67 Å². The first-order valence-electron chi connectivity index (χ1n) is 11.7. The molecule has 6 heteroatoms. The number of rotatable bonds is 10. The smallest absolute Gasteiger partial charge is 0.197 e. The summed E-state index contributed by atoms with van der Waals surface area (Å²) in [7, 11) is 0. The summed E-state index contributed by atoms with van der Waals surface area (Å²) in [6.45, 7) is 6.22. The van der Waals surface area contributed by atoms with E-state index in [9.17, 15) is 4.91 Å². The first-order valence-corrected chi connectivity index (χ1v) is 11.7. The Labute approximate surface area is 200 Å². The van der Waals surface area contributed by atoms with Crippen molar-refractivity contribution < 1.29 is 4.84 Å². The van der Waals surface area contributed by atoms with Crippen LogP contribution in [0.15, 0.2) is 103 Å². The lowest BCUT2D eigenvalue weighted by molar-refractivity contribution is -0.0463. The van der Waals surface area contributed by atoms with Crippen LogP contribution in [0.5, 0.6) is 0 Å². The van der Waals surface area contributed by atoms with Crippen LogP contribution < -0.4 is 0 Å². The van der Waals surface area contributed by atoms with Gasteiger partial charge in [0.05, 0.1) is 0 Å². The van der Waals surface area contributed by atoms with Gasteiger partial charge in [0.1, 0.15) is 11.9 Å². The first-order chi connectivity index (χ1) is 16.6. The molecule has 0 spiro atoms. The normalized spacial score (nSPS) is 12.8. The van der Waals surface area contributed by atoms with Crippen molar-refractivity contribution in [2.75, 3.05) is 0 Å². The second kappa shape index (κ2) is 10.00. The molecule has 1 heterocycles. The van der Waals surface area contributed by atoms with Crippen LogP contribution in [-0.4, -0.2) is 14.8 Å². The molecular formula is C28H30N4O2. The van der Waals surface area contributed by atoms with Gasteiger partial charge in [0, 0.05) is 5.41 Å². The Morgan fingerprint density at radius 1 is 0.824 bits per heavy atom. The fourth-order valence-electron chi connectivity index (χ4n) is 4.64. The van der Waals surface area contributed by atoms with E-state index in [0.717, 1.165) is 29.5 Å². The van der Waals surface area contributed by atoms with Gasteiger partial charge in [-0.05, 0) is 29.5 Å². The molecule has 34 heavy (non-hydrogen) atoms. The van der Waals surface area contributed by atoms with Crippen LogP contribution in [0.4, 0.5) is 0 Å². The minimum Gasteiger partial charge on any atom is -0.352 e. The monoisotopic (exact) mass is 454 g/mol. The van der Waals surface area contributed by atoms with E-state index in [-0.39, 0.29) is 5.41 Å². The van der Waals surface area contributed by atoms with Crippen molar-refractivity contribution in [3.05, 3.63) is 125 Å². The maximum Gasteiger partial charge on any atom is 0.197 e. The highest BCUT2D eigenvalue weighted by atomic mass is 16.7. The van der Waals surface area contributed by atoms with Crippen molar-refractivity contribution in [3.63, 3.8) is 0 Å². The van der Waals surface area contributed by atoms with E-state index in [1.165, 1.54) is 0 Å². The third-order valence-electron chi connectivity index (χ3n) is 7.06. The van der Waals surface area contributed by atoms with Crippen LogP contribution in [0.3, 0.4) is 0 Å². The molecule has 0 bridgehead atoms. The summed E-state index contributed by atoms with van der Waals surface area (Å²) in [4.78, 5) is 21.2. The molecule has 0 radical (unpaired) electrons. The van der Waals surface area contributed by atoms with Crippen molar-refractivity contribution in [1.82, 2.24) is 14.8 Å². The maximum absolute atomic E-state index is 11.2. The van der Waals surface area contributed by atoms with Crippen LogP contribution in [0.25, 0.3) is 0 Å². The highest BCUT2D eigenvalue weighted by Crippen LogP contribution is 2.43. The predicted molar refractivity (Wildman–Crippen MR) is 133 cm³/mol. The molecule has 1 aromatic heterocycles. The van der Waals surface area contributed by atoms with E-state index < -0.39 is 11.6 Å². The largest absolute Gasteiger partial charge is 0.352 e. The minimum absolute atomic E-state index is 0.338. The average molecular weight is 455 g/mol.